The van der Waals surface area contributed by atoms with E-state index >= 15 is 4.79 Å². The molecule has 2 aromatic rings. The summed E-state index contributed by atoms with van der Waals surface area (Å²) in [4.78, 5) is 165. The number of hydrogen-bond acceptors (Lipinski definition) is 26. The molecule has 103 heavy (non-hydrogen) atoms. The van der Waals surface area contributed by atoms with Gasteiger partial charge in [0.05, 0.1) is 30.7 Å². The second kappa shape index (κ2) is 46.6. The molecule has 7 amide bonds. The summed E-state index contributed by atoms with van der Waals surface area (Å²) in [6.07, 6.45) is -7.79. The van der Waals surface area contributed by atoms with Crippen molar-refractivity contribution >= 4 is 104 Å². The van der Waals surface area contributed by atoms with Crippen LogP contribution in [0.3, 0.4) is 0 Å². The SMILES string of the molecule is CCC(C)[C@H](NC(=O)[C@H]1CCCCN1C)C(=O)C(COC(=O)CC(C)C)[C@H](C[C@@H](OC(C)=O)c1nc(C(=O)N[C@@H](Cc2ccc(O)cc2)C[C@H](C)C(=O)NNC(=O)OCCSSC[C@H](NC(=O)[C@H](CCC(=O)NC[C@H](O)[C@@H](O)[C@H](O)[C@H](O)CO)NC(=O)[C@@H](CC)CCC(=O)O)C(=O)O)cs1)C(C)C. The maximum absolute atomic E-state index is 15.1. The largest absolute Gasteiger partial charge is 0.508 e. The van der Waals surface area contributed by atoms with Crippen LogP contribution < -0.4 is 37.4 Å². The molecule has 0 aliphatic carbocycles. The fourth-order valence-corrected chi connectivity index (χ4v) is 14.1. The summed E-state index contributed by atoms with van der Waals surface area (Å²) in [5.74, 6) is -12.6. The number of aliphatic carboxylic acids is 2. The topological polar surface area (TPSA) is 495 Å². The lowest BCUT2D eigenvalue weighted by molar-refractivity contribution is -0.151. The Balaban J connectivity index is 1.70. The minimum absolute atomic E-state index is 0.0100. The number of ketones is 1. The van der Waals surface area contributed by atoms with Gasteiger partial charge in [0.25, 0.3) is 5.91 Å². The number of esters is 2. The third kappa shape index (κ3) is 32.3. The van der Waals surface area contributed by atoms with Crippen molar-refractivity contribution in [1.29, 1.82) is 0 Å². The highest BCUT2D eigenvalue weighted by atomic mass is 33.1. The monoisotopic (exact) mass is 1510 g/mol. The molecule has 0 spiro atoms. The first kappa shape index (κ1) is 90.0. The van der Waals surface area contributed by atoms with Crippen molar-refractivity contribution in [2.24, 2.45) is 41.4 Å². The Hall–Kier alpha value is -7.25. The Morgan fingerprint density at radius 3 is 2.04 bits per heavy atom. The number of carboxylic acid groups (broad SMARTS) is 2. The van der Waals surface area contributed by atoms with Crippen LogP contribution in [0.5, 0.6) is 5.75 Å². The smallest absolute Gasteiger partial charge is 0.426 e. The molecule has 0 bridgehead atoms. The Bertz CT molecular complexity index is 3080. The number of carbonyl (C=O) groups is 12. The van der Waals surface area contributed by atoms with Crippen molar-refractivity contribution in [2.75, 3.05) is 51.5 Å². The molecule has 0 radical (unpaired) electrons. The van der Waals surface area contributed by atoms with Crippen LogP contribution in [0.15, 0.2) is 29.6 Å². The Morgan fingerprint density at radius 2 is 1.44 bits per heavy atom. The van der Waals surface area contributed by atoms with Crippen LogP contribution in [-0.4, -0.2) is 228 Å². The van der Waals surface area contributed by atoms with Crippen molar-refractivity contribution in [2.45, 2.75) is 207 Å². The van der Waals surface area contributed by atoms with E-state index in [9.17, 15) is 88.5 Å². The van der Waals surface area contributed by atoms with Crippen LogP contribution in [0.25, 0.3) is 0 Å². The van der Waals surface area contributed by atoms with E-state index in [-0.39, 0.29) is 116 Å². The maximum atomic E-state index is 15.1. The molecule has 1 aromatic heterocycles. The number of thiazole rings is 1. The van der Waals surface area contributed by atoms with Gasteiger partial charge in [-0.25, -0.2) is 20.0 Å². The minimum Gasteiger partial charge on any atom is -0.508 e. The van der Waals surface area contributed by atoms with E-state index in [1.165, 1.54) is 24.4 Å². The minimum atomic E-state index is -1.99. The normalized spacial score (nSPS) is 17.3. The number of carbonyl (C=O) groups excluding carboxylic acids is 10. The summed E-state index contributed by atoms with van der Waals surface area (Å²) in [5.41, 5.74) is 5.05. The number of rotatable bonds is 47. The lowest BCUT2D eigenvalue weighted by Crippen LogP contribution is -2.56. The maximum Gasteiger partial charge on any atom is 0.426 e. The number of likely N-dealkylation sites (tertiary alicyclic amines) is 1. The van der Waals surface area contributed by atoms with Crippen LogP contribution in [0.4, 0.5) is 4.79 Å². The number of amides is 7. The molecule has 580 valence electrons. The molecule has 32 nitrogen and oxygen atoms in total. The average Bonchev–Trinajstić information content (AvgIpc) is 1.80. The molecule has 15 N–H and O–H groups in total. The molecule has 2 unspecified atom stereocenters. The number of nitrogens with one attached hydrogen (secondary N) is 7. The summed E-state index contributed by atoms with van der Waals surface area (Å²) < 4.78 is 16.9. The lowest BCUT2D eigenvalue weighted by atomic mass is 9.74. The van der Waals surface area contributed by atoms with Crippen LogP contribution >= 0.6 is 32.9 Å². The summed E-state index contributed by atoms with van der Waals surface area (Å²) in [6, 6.07) is 0.905. The predicted molar refractivity (Wildman–Crippen MR) is 380 cm³/mol. The molecule has 1 aliphatic rings. The molecule has 2 heterocycles. The molecule has 3 rings (SSSR count). The third-order valence-corrected chi connectivity index (χ3v) is 20.9. The number of hydrogen-bond donors (Lipinski definition) is 15. The molecule has 1 aliphatic heterocycles. The van der Waals surface area contributed by atoms with Crippen molar-refractivity contribution in [3.8, 4) is 5.75 Å². The zero-order chi connectivity index (χ0) is 77.2. The third-order valence-electron chi connectivity index (χ3n) is 17.6. The van der Waals surface area contributed by atoms with Gasteiger partial charge in [-0.05, 0) is 106 Å². The number of carboxylic acids is 2. The van der Waals surface area contributed by atoms with Crippen molar-refractivity contribution in [3.63, 3.8) is 0 Å². The van der Waals surface area contributed by atoms with Gasteiger partial charge in [0.15, 0.2) is 11.9 Å². The highest BCUT2D eigenvalue weighted by Gasteiger charge is 2.42. The molecule has 1 saturated heterocycles. The molecule has 15 atom stereocenters. The second-order valence-electron chi connectivity index (χ2n) is 26.6. The number of likely N-dealkylation sites (N-methyl/N-ethyl adjacent to an activating group) is 1. The number of hydrazine groups is 1. The molecule has 1 aromatic carbocycles. The summed E-state index contributed by atoms with van der Waals surface area (Å²) in [5, 5.41) is 92.8. The average molecular weight is 1510 g/mol. The van der Waals surface area contributed by atoms with E-state index in [1.807, 2.05) is 53.5 Å². The quantitative estimate of drug-likeness (QED) is 0.0149. The summed E-state index contributed by atoms with van der Waals surface area (Å²) in [7, 11) is 3.87. The van der Waals surface area contributed by atoms with Gasteiger partial charge in [-0.1, -0.05) is 102 Å². The number of piperidine rings is 1. The zero-order valence-electron chi connectivity index (χ0n) is 60.2. The summed E-state index contributed by atoms with van der Waals surface area (Å²) in [6.45, 7) is 14.2. The van der Waals surface area contributed by atoms with E-state index in [4.69, 9.17) is 19.3 Å². The molecule has 0 saturated carbocycles. The number of nitrogens with zero attached hydrogens (tertiary/aromatic N) is 2. The van der Waals surface area contributed by atoms with Gasteiger partial charge in [0, 0.05) is 67.5 Å². The van der Waals surface area contributed by atoms with Gasteiger partial charge in [0.2, 0.25) is 29.5 Å². The van der Waals surface area contributed by atoms with Crippen LogP contribution in [0.2, 0.25) is 0 Å². The zero-order valence-corrected chi connectivity index (χ0v) is 62.6. The molecule has 35 heteroatoms. The van der Waals surface area contributed by atoms with Crippen molar-refractivity contribution in [3.05, 3.63) is 45.9 Å². The Labute approximate surface area is 612 Å². The van der Waals surface area contributed by atoms with Crippen LogP contribution in [-0.2, 0) is 68.6 Å². The summed E-state index contributed by atoms with van der Waals surface area (Å²) >= 11 is 1.03. The molecule has 1 fully saturated rings. The first-order valence-corrected chi connectivity index (χ1v) is 38.0. The number of aromatic hydroxyl groups is 1. The van der Waals surface area contributed by atoms with E-state index in [1.54, 1.807) is 26.0 Å². The van der Waals surface area contributed by atoms with E-state index in [2.05, 4.69) is 42.4 Å². The number of benzene rings is 1. The number of Topliss-reactive ketones (excluding diaryl/α,β-unsaturated/α-hetero) is 1. The van der Waals surface area contributed by atoms with Gasteiger partial charge in [-0.2, -0.15) is 0 Å². The number of ether oxygens (including phenoxy) is 3. The first-order chi connectivity index (χ1) is 48.6. The van der Waals surface area contributed by atoms with Gasteiger partial charge < -0.3 is 81.6 Å². The predicted octanol–water partition coefficient (Wildman–Crippen LogP) is 2.69. The molecular weight excluding hydrogens is 1410 g/mol. The fourth-order valence-electron chi connectivity index (χ4n) is 11.3. The van der Waals surface area contributed by atoms with Crippen molar-refractivity contribution in [1.82, 2.24) is 47.3 Å². The highest BCUT2D eigenvalue weighted by molar-refractivity contribution is 8.76. The first-order valence-electron chi connectivity index (χ1n) is 34.6. The number of phenols is 1. The van der Waals surface area contributed by atoms with Crippen molar-refractivity contribution < 1.29 is 113 Å². The van der Waals surface area contributed by atoms with Crippen LogP contribution in [0.1, 0.15) is 167 Å². The number of phenolic OH excluding ortho intramolecular Hbond substituents is 1. The standard InChI is InChI=1S/C68H107N9O23S3/c1-11-38(7)57(74-65(94)50-15-13-14-24-77(50)10)58(87)46(33-99-56(86)27-36(3)4)45(37(5)6)30-53(100-40(9)79)66-73-48(34-101-66)64(93)70-43(29-41-16-19-44(80)20-17-41)28-39(8)61(90)75-76-68(97)98-25-26-102-103-35-49(67(95)96)72-63(92)47(71-62(91)42(12-2)18-23-55(84)85)21-22-54(83)69-31-51(81)59(88)60(89)52(82)32-78/h16-17,19-20,34,36-39,42-43,45-47,49-53,57,59-60,78,80-82,88-89H,11-15,18,21-33,35H2,1-10H3,(H,69,83)(H,70,93)(H,71,91)(H,72,92)(H,74,94)(H,75,90)(H,76,97)(H,84,85)(H,95,96)/t38?,39-,42-,43+,45+,46?,47-,49-,50+,51-,52+,53+,57-,59+,60+/m0/s1. The van der Waals surface area contributed by atoms with Gasteiger partial charge in [-0.3, -0.25) is 58.3 Å². The molecular formula is C68H107N9O23S3. The van der Waals surface area contributed by atoms with Crippen LogP contribution in [0, 0.1) is 41.4 Å². The van der Waals surface area contributed by atoms with Gasteiger partial charge in [-0.15, -0.1) is 11.3 Å². The number of aromatic nitrogens is 1. The Kier molecular flexibility index (Phi) is 40.7. The van der Waals surface area contributed by atoms with E-state index in [0.29, 0.717) is 18.4 Å². The van der Waals surface area contributed by atoms with Gasteiger partial charge in [0.1, 0.15) is 60.1 Å². The highest BCUT2D eigenvalue weighted by Crippen LogP contribution is 2.37. The van der Waals surface area contributed by atoms with E-state index < -0.39 is 170 Å². The fraction of sp³-hybridized carbons (Fsp3) is 0.691. The van der Waals surface area contributed by atoms with E-state index in [0.717, 1.165) is 52.3 Å². The lowest BCUT2D eigenvalue weighted by Gasteiger charge is -2.36. The number of aliphatic hydroxyl groups is 5. The Morgan fingerprint density at radius 1 is 0.767 bits per heavy atom. The van der Waals surface area contributed by atoms with Gasteiger partial charge >= 0.3 is 30.0 Å². The second-order valence-corrected chi connectivity index (χ2v) is 30.2. The number of aliphatic hydroxyl groups excluding tert-OH is 5.